The summed E-state index contributed by atoms with van der Waals surface area (Å²) in [6.07, 6.45) is 7.42. The van der Waals surface area contributed by atoms with E-state index in [1.807, 2.05) is 24.4 Å². The zero-order valence-electron chi connectivity index (χ0n) is 19.3. The number of rotatable bonds is 10. The molecular weight excluding hydrogens is 410 g/mol. The average molecular weight is 444 g/mol. The first-order valence-electron chi connectivity index (χ1n) is 12.0. The number of ketones is 1. The first-order valence-corrected chi connectivity index (χ1v) is 12.0. The van der Waals surface area contributed by atoms with E-state index in [-0.39, 0.29) is 11.7 Å². The van der Waals surface area contributed by atoms with Crippen molar-refractivity contribution in [1.29, 1.82) is 0 Å². The third-order valence-corrected chi connectivity index (χ3v) is 6.57. The van der Waals surface area contributed by atoms with Crippen LogP contribution in [-0.2, 0) is 24.1 Å². The standard InChI is InChI=1S/C28H33N3O2/c1-20(32)25(18-23-12-14-29-19-23)17-22-5-2-6-24(16-22)27-13-15-30-28(31-27)7-3-4-21-8-10-26(33)11-9-21/h2,5-6,8-11,13,15-16,23,25,29,33H,3-4,7,12,14,17-19H2,1H3. The lowest BCUT2D eigenvalue weighted by Gasteiger charge is -2.18. The molecule has 0 bridgehead atoms. The number of Topliss-reactive ketones (excluding diaryl/α,β-unsaturated/α-hetero) is 1. The van der Waals surface area contributed by atoms with Crippen molar-refractivity contribution in [2.75, 3.05) is 13.1 Å². The second-order valence-electron chi connectivity index (χ2n) is 9.18. The van der Waals surface area contributed by atoms with Gasteiger partial charge < -0.3 is 10.4 Å². The van der Waals surface area contributed by atoms with E-state index in [0.29, 0.717) is 11.7 Å². The number of aromatic hydroxyl groups is 1. The van der Waals surface area contributed by atoms with E-state index < -0.39 is 0 Å². The number of hydrogen-bond acceptors (Lipinski definition) is 5. The van der Waals surface area contributed by atoms with Crippen LogP contribution in [0.25, 0.3) is 11.3 Å². The maximum absolute atomic E-state index is 12.3. The molecule has 1 aliphatic rings. The van der Waals surface area contributed by atoms with Crippen molar-refractivity contribution in [2.45, 2.75) is 45.4 Å². The molecule has 2 heterocycles. The highest BCUT2D eigenvalue weighted by Gasteiger charge is 2.23. The number of carbonyl (C=O) groups excluding carboxylic acids is 1. The van der Waals surface area contributed by atoms with Crippen LogP contribution >= 0.6 is 0 Å². The van der Waals surface area contributed by atoms with Crippen LogP contribution in [0.4, 0.5) is 0 Å². The van der Waals surface area contributed by atoms with Gasteiger partial charge in [-0.3, -0.25) is 4.79 Å². The van der Waals surface area contributed by atoms with Crippen molar-refractivity contribution < 1.29 is 9.90 Å². The molecule has 1 aliphatic heterocycles. The second-order valence-corrected chi connectivity index (χ2v) is 9.18. The van der Waals surface area contributed by atoms with Gasteiger partial charge in [0, 0.05) is 24.1 Å². The molecule has 3 aromatic rings. The lowest BCUT2D eigenvalue weighted by Crippen LogP contribution is -2.20. The van der Waals surface area contributed by atoms with Crippen LogP contribution in [0.15, 0.2) is 60.8 Å². The number of benzene rings is 2. The minimum absolute atomic E-state index is 0.0750. The van der Waals surface area contributed by atoms with E-state index >= 15 is 0 Å². The molecule has 2 unspecified atom stereocenters. The molecule has 2 N–H and O–H groups in total. The molecule has 4 rings (SSSR count). The minimum atomic E-state index is 0.0750. The Hall–Kier alpha value is -3.05. The number of nitrogens with one attached hydrogen (secondary N) is 1. The summed E-state index contributed by atoms with van der Waals surface area (Å²) in [7, 11) is 0. The summed E-state index contributed by atoms with van der Waals surface area (Å²) in [6.45, 7) is 3.82. The second kappa shape index (κ2) is 11.2. The van der Waals surface area contributed by atoms with Gasteiger partial charge in [0.1, 0.15) is 17.4 Å². The zero-order chi connectivity index (χ0) is 23.0. The van der Waals surface area contributed by atoms with Gasteiger partial charge in [0.05, 0.1) is 5.69 Å². The maximum Gasteiger partial charge on any atom is 0.133 e. The maximum atomic E-state index is 12.3. The molecule has 0 aliphatic carbocycles. The average Bonchev–Trinajstić information content (AvgIpc) is 3.34. The van der Waals surface area contributed by atoms with Crippen molar-refractivity contribution in [3.8, 4) is 17.0 Å². The van der Waals surface area contributed by atoms with Crippen LogP contribution in [0.3, 0.4) is 0 Å². The first kappa shape index (κ1) is 23.1. The molecule has 0 radical (unpaired) electrons. The van der Waals surface area contributed by atoms with Crippen LogP contribution in [0, 0.1) is 11.8 Å². The fraction of sp³-hybridized carbons (Fsp3) is 0.393. The van der Waals surface area contributed by atoms with Crippen molar-refractivity contribution in [2.24, 2.45) is 11.8 Å². The van der Waals surface area contributed by atoms with E-state index in [9.17, 15) is 9.90 Å². The summed E-state index contributed by atoms with van der Waals surface area (Å²) < 4.78 is 0. The van der Waals surface area contributed by atoms with E-state index in [4.69, 9.17) is 4.98 Å². The van der Waals surface area contributed by atoms with Gasteiger partial charge in [0.15, 0.2) is 0 Å². The van der Waals surface area contributed by atoms with Gasteiger partial charge in [-0.1, -0.05) is 30.3 Å². The molecule has 33 heavy (non-hydrogen) atoms. The summed E-state index contributed by atoms with van der Waals surface area (Å²) in [4.78, 5) is 21.6. The Labute approximate surface area is 196 Å². The molecular formula is C28H33N3O2. The molecule has 5 nitrogen and oxygen atoms in total. The number of phenolic OH excluding ortho intramolecular Hbond substituents is 1. The Morgan fingerprint density at radius 3 is 2.73 bits per heavy atom. The molecule has 172 valence electrons. The molecule has 2 atom stereocenters. The number of aromatic nitrogens is 2. The van der Waals surface area contributed by atoms with E-state index in [2.05, 4.69) is 34.6 Å². The highest BCUT2D eigenvalue weighted by molar-refractivity contribution is 5.78. The lowest BCUT2D eigenvalue weighted by atomic mass is 9.86. The Balaban J connectivity index is 1.39. The predicted octanol–water partition coefficient (Wildman–Crippen LogP) is 4.77. The molecule has 1 fully saturated rings. The molecule has 2 aromatic carbocycles. The zero-order valence-corrected chi connectivity index (χ0v) is 19.3. The minimum Gasteiger partial charge on any atom is -0.508 e. The number of carbonyl (C=O) groups is 1. The predicted molar refractivity (Wildman–Crippen MR) is 131 cm³/mol. The Bertz CT molecular complexity index is 1060. The summed E-state index contributed by atoms with van der Waals surface area (Å²) in [5.41, 5.74) is 4.38. The number of aryl methyl sites for hydroxylation is 2. The van der Waals surface area contributed by atoms with E-state index in [1.54, 1.807) is 19.1 Å². The number of phenols is 1. The van der Waals surface area contributed by atoms with Gasteiger partial charge in [-0.2, -0.15) is 0 Å². The van der Waals surface area contributed by atoms with Gasteiger partial charge in [0.25, 0.3) is 0 Å². The third-order valence-electron chi connectivity index (χ3n) is 6.57. The molecule has 0 saturated carbocycles. The van der Waals surface area contributed by atoms with Crippen LogP contribution in [-0.4, -0.2) is 33.9 Å². The highest BCUT2D eigenvalue weighted by Crippen LogP contribution is 2.25. The van der Waals surface area contributed by atoms with E-state index in [1.165, 1.54) is 17.5 Å². The van der Waals surface area contributed by atoms with Gasteiger partial charge in [-0.25, -0.2) is 9.97 Å². The molecule has 0 amide bonds. The SMILES string of the molecule is CC(=O)C(Cc1cccc(-c2ccnc(CCCc3ccc(O)cc3)n2)c1)CC1CCNC1. The molecule has 0 spiro atoms. The van der Waals surface area contributed by atoms with Crippen molar-refractivity contribution >= 4 is 5.78 Å². The van der Waals surface area contributed by atoms with Gasteiger partial charge in [-0.05, 0) is 93.4 Å². The van der Waals surface area contributed by atoms with Crippen LogP contribution in [0.1, 0.15) is 43.1 Å². The van der Waals surface area contributed by atoms with Gasteiger partial charge in [0.2, 0.25) is 0 Å². The van der Waals surface area contributed by atoms with Crippen LogP contribution in [0.2, 0.25) is 0 Å². The van der Waals surface area contributed by atoms with Crippen molar-refractivity contribution in [3.05, 3.63) is 77.7 Å². The Kier molecular flexibility index (Phi) is 7.84. The van der Waals surface area contributed by atoms with Crippen LogP contribution < -0.4 is 5.32 Å². The largest absolute Gasteiger partial charge is 0.508 e. The third kappa shape index (κ3) is 6.72. The molecule has 1 aromatic heterocycles. The summed E-state index contributed by atoms with van der Waals surface area (Å²) in [5.74, 6) is 2.10. The number of hydrogen-bond donors (Lipinski definition) is 2. The first-order chi connectivity index (χ1) is 16.1. The summed E-state index contributed by atoms with van der Waals surface area (Å²) >= 11 is 0. The smallest absolute Gasteiger partial charge is 0.133 e. The normalized spacial score (nSPS) is 16.6. The fourth-order valence-corrected chi connectivity index (χ4v) is 4.65. The Morgan fingerprint density at radius 2 is 1.97 bits per heavy atom. The van der Waals surface area contributed by atoms with Crippen molar-refractivity contribution in [3.63, 3.8) is 0 Å². The quantitative estimate of drug-likeness (QED) is 0.472. The van der Waals surface area contributed by atoms with Gasteiger partial charge >= 0.3 is 0 Å². The summed E-state index contributed by atoms with van der Waals surface area (Å²) in [6, 6.07) is 17.7. The monoisotopic (exact) mass is 443 g/mol. The summed E-state index contributed by atoms with van der Waals surface area (Å²) in [5, 5.41) is 12.8. The lowest BCUT2D eigenvalue weighted by molar-refractivity contribution is -0.121. The van der Waals surface area contributed by atoms with E-state index in [0.717, 1.165) is 62.3 Å². The van der Waals surface area contributed by atoms with Crippen molar-refractivity contribution in [1.82, 2.24) is 15.3 Å². The highest BCUT2D eigenvalue weighted by atomic mass is 16.3. The fourth-order valence-electron chi connectivity index (χ4n) is 4.65. The topological polar surface area (TPSA) is 75.1 Å². The number of nitrogens with zero attached hydrogens (tertiary/aromatic N) is 2. The van der Waals surface area contributed by atoms with Crippen LogP contribution in [0.5, 0.6) is 5.75 Å². The molecule has 1 saturated heterocycles. The molecule has 5 heteroatoms. The Morgan fingerprint density at radius 1 is 1.12 bits per heavy atom. The van der Waals surface area contributed by atoms with Gasteiger partial charge in [-0.15, -0.1) is 0 Å².